The van der Waals surface area contributed by atoms with Gasteiger partial charge in [-0.25, -0.2) is 0 Å². The topological polar surface area (TPSA) is 127 Å². The zero-order valence-corrected chi connectivity index (χ0v) is 27.5. The number of alkyl halides is 1. The number of carbonyl (C=O) groups excluding carboxylic acids is 2. The zero-order valence-electron chi connectivity index (χ0n) is 26.8. The zero-order chi connectivity index (χ0) is 31.9. The summed E-state index contributed by atoms with van der Waals surface area (Å²) in [5.74, 6) is -2.91. The lowest BCUT2D eigenvalue weighted by molar-refractivity contribution is -0.239. The van der Waals surface area contributed by atoms with Gasteiger partial charge < -0.3 is 19.7 Å². The highest BCUT2D eigenvalue weighted by molar-refractivity contribution is 6.18. The molecule has 43 heavy (non-hydrogen) atoms. The Morgan fingerprint density at radius 1 is 0.860 bits per heavy atom. The average molecular weight is 621 g/mol. The van der Waals surface area contributed by atoms with Crippen molar-refractivity contribution < 1.29 is 38.9 Å². The molecule has 0 heterocycles. The number of fused-ring (bicyclic) bond motifs is 6. The van der Waals surface area contributed by atoms with Gasteiger partial charge in [-0.3, -0.25) is 19.2 Å². The molecule has 5 rings (SSSR count). The molecule has 5 aliphatic carbocycles. The molecule has 9 heteroatoms. The molecule has 0 aliphatic heterocycles. The number of carboxylic acids is 2. The second-order valence-corrected chi connectivity index (χ2v) is 16.2. The Labute approximate surface area is 260 Å². The Kier molecular flexibility index (Phi) is 7.88. The van der Waals surface area contributed by atoms with Gasteiger partial charge in [0, 0.05) is 19.7 Å². The third-order valence-electron chi connectivity index (χ3n) is 13.2. The van der Waals surface area contributed by atoms with Gasteiger partial charge in [-0.15, -0.1) is 11.6 Å². The van der Waals surface area contributed by atoms with E-state index in [0.29, 0.717) is 38.0 Å². The van der Waals surface area contributed by atoms with Crippen LogP contribution in [-0.2, 0) is 28.7 Å². The molecule has 3 fully saturated rings. The summed E-state index contributed by atoms with van der Waals surface area (Å²) >= 11 is 6.81. The fraction of sp³-hybridized carbons (Fsp3) is 0.824. The Morgan fingerprint density at radius 3 is 2.07 bits per heavy atom. The predicted octanol–water partition coefficient (Wildman–Crippen LogP) is 6.63. The number of hydrogen-bond donors (Lipinski definition) is 2. The van der Waals surface area contributed by atoms with Crippen molar-refractivity contribution in [1.82, 2.24) is 0 Å². The summed E-state index contributed by atoms with van der Waals surface area (Å²) in [4.78, 5) is 50.7. The maximum Gasteiger partial charge on any atom is 0.313 e. The van der Waals surface area contributed by atoms with Crippen molar-refractivity contribution in [3.05, 3.63) is 11.1 Å². The molecule has 5 aliphatic rings. The molecular formula is C34H49ClO8. The van der Waals surface area contributed by atoms with Crippen molar-refractivity contribution in [2.24, 2.45) is 50.7 Å². The first-order valence-corrected chi connectivity index (χ1v) is 16.5. The monoisotopic (exact) mass is 620 g/mol. The van der Waals surface area contributed by atoms with E-state index in [1.165, 1.54) is 25.0 Å². The number of hydrogen-bond acceptors (Lipinski definition) is 6. The number of halogens is 1. The molecule has 3 saturated carbocycles. The van der Waals surface area contributed by atoms with Gasteiger partial charge in [-0.1, -0.05) is 38.8 Å². The van der Waals surface area contributed by atoms with Crippen LogP contribution in [0.4, 0.5) is 0 Å². The number of carbonyl (C=O) groups is 4. The van der Waals surface area contributed by atoms with Gasteiger partial charge in [0.05, 0.1) is 5.41 Å². The van der Waals surface area contributed by atoms with Gasteiger partial charge >= 0.3 is 23.9 Å². The van der Waals surface area contributed by atoms with Crippen molar-refractivity contribution >= 4 is 35.5 Å². The van der Waals surface area contributed by atoms with Crippen molar-refractivity contribution in [1.29, 1.82) is 0 Å². The minimum atomic E-state index is -1.47. The van der Waals surface area contributed by atoms with Gasteiger partial charge in [0.25, 0.3) is 0 Å². The highest BCUT2D eigenvalue weighted by atomic mass is 35.5. The Morgan fingerprint density at radius 2 is 1.51 bits per heavy atom. The summed E-state index contributed by atoms with van der Waals surface area (Å²) in [5.41, 5.74) is -0.430. The lowest BCUT2D eigenvalue weighted by atomic mass is 9.37. The quantitative estimate of drug-likeness (QED) is 0.199. The summed E-state index contributed by atoms with van der Waals surface area (Å²) < 4.78 is 11.5. The van der Waals surface area contributed by atoms with Gasteiger partial charge in [0.2, 0.25) is 0 Å². The highest BCUT2D eigenvalue weighted by Crippen LogP contribution is 2.73. The Balaban J connectivity index is 1.66. The van der Waals surface area contributed by atoms with Crippen LogP contribution in [0.2, 0.25) is 0 Å². The van der Waals surface area contributed by atoms with Crippen LogP contribution >= 0.6 is 11.6 Å². The molecule has 0 spiro atoms. The van der Waals surface area contributed by atoms with E-state index < -0.39 is 52.3 Å². The van der Waals surface area contributed by atoms with E-state index in [2.05, 4.69) is 27.7 Å². The molecule has 240 valence electrons. The summed E-state index contributed by atoms with van der Waals surface area (Å²) in [6, 6.07) is 0. The van der Waals surface area contributed by atoms with Crippen LogP contribution in [0.1, 0.15) is 106 Å². The highest BCUT2D eigenvalue weighted by Gasteiger charge is 2.71. The number of ether oxygens (including phenoxy) is 2. The molecule has 0 aromatic heterocycles. The summed E-state index contributed by atoms with van der Waals surface area (Å²) in [7, 11) is 0. The average Bonchev–Trinajstić information content (AvgIpc) is 2.89. The van der Waals surface area contributed by atoms with E-state index in [-0.39, 0.29) is 34.5 Å². The SMILES string of the molecule is CC(=O)O[C@H]1C[C@@]2(C)[C@@H](CC[C@@]3(C)C4=C([C@@H](CCl)C[C@H]23)[C@@H]2CC(C)(C)CC[C@]2(C(=O)O)CC4)[C@](C)(C(=O)O)[C@H]1OC(C)=O. The van der Waals surface area contributed by atoms with Gasteiger partial charge in [-0.05, 0) is 105 Å². The molecular weight excluding hydrogens is 572 g/mol. The number of allylic oxidation sites excluding steroid dienone is 2. The van der Waals surface area contributed by atoms with Crippen molar-refractivity contribution in [2.45, 2.75) is 118 Å². The van der Waals surface area contributed by atoms with E-state index in [4.69, 9.17) is 21.1 Å². The maximum atomic E-state index is 13.2. The molecule has 2 N–H and O–H groups in total. The maximum absolute atomic E-state index is 13.2. The van der Waals surface area contributed by atoms with Crippen LogP contribution in [0, 0.1) is 50.7 Å². The van der Waals surface area contributed by atoms with Crippen molar-refractivity contribution in [3.8, 4) is 0 Å². The molecule has 0 aromatic rings. The first kappa shape index (κ1) is 32.3. The third kappa shape index (κ3) is 4.66. The Bertz CT molecular complexity index is 1260. The standard InChI is InChI=1S/C34H49ClO8/c1-18(36)42-23-16-32(6)24(33(7,28(38)39)27(23)43-19(2)37)9-10-31(5)21-8-11-34(29(40)41)13-12-30(3,4)15-22(34)26(21)20(17-35)14-25(31)32/h20,22-25,27H,8-17H2,1-7H3,(H,38,39)(H,40,41)/t20-,22+,23+,24-,25+,27+,31+,32+,33+,34-/m1/s1. The third-order valence-corrected chi connectivity index (χ3v) is 13.5. The van der Waals surface area contributed by atoms with Crippen LogP contribution in [0.25, 0.3) is 0 Å². The lowest BCUT2D eigenvalue weighted by Gasteiger charge is -2.68. The molecule has 0 amide bonds. The Hall–Kier alpha value is -2.09. The van der Waals surface area contributed by atoms with E-state index in [0.717, 1.165) is 25.7 Å². The molecule has 0 aromatic carbocycles. The summed E-state index contributed by atoms with van der Waals surface area (Å²) in [6.07, 6.45) is 4.16. The van der Waals surface area contributed by atoms with E-state index in [1.54, 1.807) is 6.92 Å². The van der Waals surface area contributed by atoms with Crippen molar-refractivity contribution in [2.75, 3.05) is 5.88 Å². The number of esters is 2. The first-order valence-electron chi connectivity index (χ1n) is 16.0. The van der Waals surface area contributed by atoms with Gasteiger partial charge in [0.15, 0.2) is 6.10 Å². The second kappa shape index (κ2) is 10.5. The molecule has 0 saturated heterocycles. The number of carboxylic acid groups (broad SMARTS) is 2. The lowest BCUT2D eigenvalue weighted by Crippen LogP contribution is -2.68. The molecule has 0 bridgehead atoms. The summed E-state index contributed by atoms with van der Waals surface area (Å²) in [5, 5.41) is 21.4. The fourth-order valence-electron chi connectivity index (χ4n) is 11.2. The van der Waals surface area contributed by atoms with E-state index in [1.807, 2.05) is 0 Å². The van der Waals surface area contributed by atoms with E-state index in [9.17, 15) is 29.4 Å². The normalized spacial score (nSPS) is 45.0. The smallest absolute Gasteiger partial charge is 0.313 e. The van der Waals surface area contributed by atoms with Crippen LogP contribution in [0.3, 0.4) is 0 Å². The van der Waals surface area contributed by atoms with Gasteiger partial charge in [0.1, 0.15) is 11.5 Å². The number of aliphatic carboxylic acids is 2. The summed E-state index contributed by atoms with van der Waals surface area (Å²) in [6.45, 7) is 13.1. The molecule has 10 atom stereocenters. The first-order chi connectivity index (χ1) is 19.9. The number of rotatable bonds is 5. The molecule has 0 unspecified atom stereocenters. The van der Waals surface area contributed by atoms with Gasteiger partial charge in [-0.2, -0.15) is 0 Å². The fourth-order valence-corrected chi connectivity index (χ4v) is 11.5. The van der Waals surface area contributed by atoms with Crippen LogP contribution in [-0.4, -0.2) is 52.2 Å². The van der Waals surface area contributed by atoms with Crippen LogP contribution in [0.15, 0.2) is 11.1 Å². The van der Waals surface area contributed by atoms with Crippen LogP contribution < -0.4 is 0 Å². The van der Waals surface area contributed by atoms with Crippen molar-refractivity contribution in [3.63, 3.8) is 0 Å². The van der Waals surface area contributed by atoms with Crippen LogP contribution in [0.5, 0.6) is 0 Å². The largest absolute Gasteiger partial charge is 0.481 e. The van der Waals surface area contributed by atoms with E-state index >= 15 is 0 Å². The molecule has 0 radical (unpaired) electrons. The molecule has 8 nitrogen and oxygen atoms in total. The second-order valence-electron chi connectivity index (χ2n) is 15.9. The predicted molar refractivity (Wildman–Crippen MR) is 160 cm³/mol. The minimum Gasteiger partial charge on any atom is -0.481 e. The minimum absolute atomic E-state index is 0.0160.